The van der Waals surface area contributed by atoms with E-state index in [9.17, 15) is 9.59 Å². The number of ketones is 1. The van der Waals surface area contributed by atoms with Gasteiger partial charge in [0.25, 0.3) is 0 Å². The number of carbonyl (C=O) groups is 2. The minimum atomic E-state index is -0.703. The molecular formula is C16H19N3O2. The second-order valence-electron chi connectivity index (χ2n) is 5.76. The summed E-state index contributed by atoms with van der Waals surface area (Å²) in [5.41, 5.74) is 8.79. The van der Waals surface area contributed by atoms with Crippen molar-refractivity contribution in [2.75, 3.05) is 6.54 Å². The number of hydrogen-bond donors (Lipinski definition) is 0. The van der Waals surface area contributed by atoms with E-state index in [2.05, 4.69) is 4.79 Å². The molecule has 5 heteroatoms. The largest absolute Gasteiger partial charge is 0.361 e. The fraction of sp³-hybridized carbons (Fsp3) is 0.438. The summed E-state index contributed by atoms with van der Waals surface area (Å²) in [5.74, 6) is -0.327. The van der Waals surface area contributed by atoms with E-state index >= 15 is 0 Å². The Labute approximate surface area is 124 Å². The van der Waals surface area contributed by atoms with E-state index in [0.29, 0.717) is 19.5 Å². The van der Waals surface area contributed by atoms with Crippen LogP contribution in [0.25, 0.3) is 5.53 Å². The summed E-state index contributed by atoms with van der Waals surface area (Å²) in [6.45, 7) is 3.10. The average Bonchev–Trinajstić information content (AvgIpc) is 2.45. The van der Waals surface area contributed by atoms with Gasteiger partial charge in [0.05, 0.1) is 5.41 Å². The number of Topliss-reactive ketones (excluding diaryl/α,β-unsaturated/α-hetero) is 1. The van der Waals surface area contributed by atoms with Gasteiger partial charge in [0.2, 0.25) is 11.7 Å². The summed E-state index contributed by atoms with van der Waals surface area (Å²) in [6.07, 6.45) is 2.51. The maximum atomic E-state index is 12.7. The van der Waals surface area contributed by atoms with E-state index in [1.807, 2.05) is 42.2 Å². The quantitative estimate of drug-likeness (QED) is 0.472. The highest BCUT2D eigenvalue weighted by Crippen LogP contribution is 2.34. The van der Waals surface area contributed by atoms with Crippen LogP contribution in [0.1, 0.15) is 31.7 Å². The van der Waals surface area contributed by atoms with Crippen molar-refractivity contribution >= 4 is 17.9 Å². The Hall–Kier alpha value is -2.26. The normalized spacial score (nSPS) is 21.8. The third-order valence-electron chi connectivity index (χ3n) is 3.94. The van der Waals surface area contributed by atoms with Crippen molar-refractivity contribution in [1.29, 1.82) is 0 Å². The fourth-order valence-electron chi connectivity index (χ4n) is 2.86. The smallest absolute Gasteiger partial charge is 0.323 e. The van der Waals surface area contributed by atoms with Gasteiger partial charge in [-0.05, 0) is 18.4 Å². The van der Waals surface area contributed by atoms with Crippen LogP contribution in [0.4, 0.5) is 0 Å². The van der Waals surface area contributed by atoms with E-state index in [-0.39, 0.29) is 18.1 Å². The molecule has 0 bridgehead atoms. The lowest BCUT2D eigenvalue weighted by Gasteiger charge is -2.38. The fourth-order valence-corrected chi connectivity index (χ4v) is 2.86. The van der Waals surface area contributed by atoms with Gasteiger partial charge in [0.1, 0.15) is 0 Å². The van der Waals surface area contributed by atoms with Gasteiger partial charge in [-0.1, -0.05) is 37.3 Å². The first-order valence-electron chi connectivity index (χ1n) is 7.09. The molecule has 1 amide bonds. The first-order valence-corrected chi connectivity index (χ1v) is 7.09. The molecule has 0 aliphatic carbocycles. The summed E-state index contributed by atoms with van der Waals surface area (Å²) in [4.78, 5) is 28.9. The van der Waals surface area contributed by atoms with E-state index in [0.717, 1.165) is 18.2 Å². The number of hydrogen-bond acceptors (Lipinski definition) is 2. The van der Waals surface area contributed by atoms with Crippen molar-refractivity contribution in [2.24, 2.45) is 5.41 Å². The zero-order valence-corrected chi connectivity index (χ0v) is 12.2. The number of piperidine rings is 1. The summed E-state index contributed by atoms with van der Waals surface area (Å²) in [6, 6.07) is 9.82. The Balaban J connectivity index is 2.10. The molecule has 1 aliphatic heterocycles. The number of benzene rings is 1. The molecule has 2 rings (SSSR count). The Morgan fingerprint density at radius 1 is 1.43 bits per heavy atom. The molecule has 21 heavy (non-hydrogen) atoms. The van der Waals surface area contributed by atoms with Crippen molar-refractivity contribution in [1.82, 2.24) is 4.90 Å². The highest BCUT2D eigenvalue weighted by atomic mass is 16.2. The molecule has 0 spiro atoms. The third-order valence-corrected chi connectivity index (χ3v) is 3.94. The van der Waals surface area contributed by atoms with Gasteiger partial charge in [0.15, 0.2) is 0 Å². The molecule has 0 radical (unpaired) electrons. The van der Waals surface area contributed by atoms with Crippen molar-refractivity contribution in [3.05, 3.63) is 41.4 Å². The Morgan fingerprint density at radius 2 is 2.14 bits per heavy atom. The molecular weight excluding hydrogens is 266 g/mol. The summed E-state index contributed by atoms with van der Waals surface area (Å²) >= 11 is 0. The summed E-state index contributed by atoms with van der Waals surface area (Å²) in [5, 5.41) is 0. The Morgan fingerprint density at radius 3 is 2.81 bits per heavy atom. The van der Waals surface area contributed by atoms with Crippen molar-refractivity contribution in [2.45, 2.75) is 32.7 Å². The third kappa shape index (κ3) is 3.64. The van der Waals surface area contributed by atoms with Crippen LogP contribution in [-0.4, -0.2) is 34.1 Å². The predicted molar refractivity (Wildman–Crippen MR) is 78.5 cm³/mol. The number of nitrogens with zero attached hydrogens (tertiary/aromatic N) is 3. The SMILES string of the molecule is CC1(CC(=O)C=[N+]=[N-])CCCN(Cc2ccccc2)C1=O. The van der Waals surface area contributed by atoms with Crippen LogP contribution >= 0.6 is 0 Å². The van der Waals surface area contributed by atoms with Crippen LogP contribution < -0.4 is 0 Å². The van der Waals surface area contributed by atoms with Gasteiger partial charge in [0, 0.05) is 19.5 Å². The molecule has 1 heterocycles. The molecule has 1 atom stereocenters. The van der Waals surface area contributed by atoms with E-state index in [1.165, 1.54) is 0 Å². The standard InChI is InChI=1S/C16H19N3O2/c1-16(10-14(20)11-18-17)8-5-9-19(15(16)21)12-13-6-3-2-4-7-13/h2-4,6-7,11H,5,8-10,12H2,1H3. The molecule has 110 valence electrons. The number of amides is 1. The molecule has 1 unspecified atom stereocenters. The van der Waals surface area contributed by atoms with Crippen LogP contribution in [0.3, 0.4) is 0 Å². The average molecular weight is 285 g/mol. The number of carbonyl (C=O) groups excluding carboxylic acids is 2. The van der Waals surface area contributed by atoms with Crippen molar-refractivity contribution in [3.63, 3.8) is 0 Å². The van der Waals surface area contributed by atoms with E-state index in [1.54, 1.807) is 0 Å². The molecule has 5 nitrogen and oxygen atoms in total. The molecule has 0 saturated carbocycles. The lowest BCUT2D eigenvalue weighted by Crippen LogP contribution is -2.47. The van der Waals surface area contributed by atoms with Crippen LogP contribution in [0.15, 0.2) is 30.3 Å². The van der Waals surface area contributed by atoms with E-state index in [4.69, 9.17) is 5.53 Å². The zero-order chi connectivity index (χ0) is 15.3. The first kappa shape index (κ1) is 15.1. The van der Waals surface area contributed by atoms with Crippen LogP contribution in [0.2, 0.25) is 0 Å². The maximum Gasteiger partial charge on any atom is 0.323 e. The van der Waals surface area contributed by atoms with Crippen LogP contribution in [-0.2, 0) is 16.1 Å². The zero-order valence-electron chi connectivity index (χ0n) is 12.2. The second kappa shape index (κ2) is 6.46. The number of rotatable bonds is 5. The molecule has 1 saturated heterocycles. The second-order valence-corrected chi connectivity index (χ2v) is 5.76. The molecule has 1 aromatic rings. The van der Waals surface area contributed by atoms with Gasteiger partial charge in [-0.3, -0.25) is 9.59 Å². The minimum absolute atomic E-state index is 0.00251. The molecule has 1 fully saturated rings. The monoisotopic (exact) mass is 285 g/mol. The highest BCUT2D eigenvalue weighted by Gasteiger charge is 2.41. The maximum absolute atomic E-state index is 12.7. The first-order chi connectivity index (χ1) is 10.0. The van der Waals surface area contributed by atoms with Crippen molar-refractivity contribution in [3.8, 4) is 0 Å². The lowest BCUT2D eigenvalue weighted by atomic mass is 9.77. The molecule has 1 aromatic carbocycles. The lowest BCUT2D eigenvalue weighted by molar-refractivity contribution is -0.148. The Bertz CT molecular complexity index is 578. The summed E-state index contributed by atoms with van der Waals surface area (Å²) < 4.78 is 0. The van der Waals surface area contributed by atoms with E-state index < -0.39 is 5.41 Å². The van der Waals surface area contributed by atoms with Gasteiger partial charge in [-0.15, -0.1) is 0 Å². The van der Waals surface area contributed by atoms with Crippen molar-refractivity contribution < 1.29 is 14.4 Å². The summed E-state index contributed by atoms with van der Waals surface area (Å²) in [7, 11) is 0. The highest BCUT2D eigenvalue weighted by molar-refractivity contribution is 6.26. The van der Waals surface area contributed by atoms with Gasteiger partial charge in [-0.25, -0.2) is 0 Å². The van der Waals surface area contributed by atoms with Gasteiger partial charge in [-0.2, -0.15) is 4.79 Å². The topological polar surface area (TPSA) is 73.8 Å². The molecule has 0 aromatic heterocycles. The van der Waals surface area contributed by atoms with Gasteiger partial charge >= 0.3 is 6.21 Å². The van der Waals surface area contributed by atoms with Crippen LogP contribution in [0.5, 0.6) is 0 Å². The minimum Gasteiger partial charge on any atom is -0.361 e. The Kier molecular flexibility index (Phi) is 4.66. The number of likely N-dealkylation sites (tertiary alicyclic amines) is 1. The predicted octanol–water partition coefficient (Wildman–Crippen LogP) is 2.08. The molecule has 1 aliphatic rings. The van der Waals surface area contributed by atoms with Crippen LogP contribution in [0, 0.1) is 5.41 Å². The molecule has 0 N–H and O–H groups in total. The van der Waals surface area contributed by atoms with Gasteiger partial charge < -0.3 is 10.4 Å².